The van der Waals surface area contributed by atoms with Gasteiger partial charge in [-0.2, -0.15) is 5.10 Å². The number of rotatable bonds is 4. The third-order valence-corrected chi connectivity index (χ3v) is 6.06. The van der Waals surface area contributed by atoms with Gasteiger partial charge < -0.3 is 5.32 Å². The van der Waals surface area contributed by atoms with E-state index in [9.17, 15) is 9.59 Å². The van der Waals surface area contributed by atoms with Crippen LogP contribution in [-0.2, 0) is 23.3 Å². The average Bonchev–Trinajstić information content (AvgIpc) is 3.18. The minimum atomic E-state index is -1.13. The van der Waals surface area contributed by atoms with Crippen molar-refractivity contribution in [3.63, 3.8) is 0 Å². The van der Waals surface area contributed by atoms with Crippen molar-refractivity contribution in [2.75, 3.05) is 4.90 Å². The second-order valence-electron chi connectivity index (χ2n) is 9.69. The molecular weight excluding hydrogens is 400 g/mol. The molecular formula is C26H30N4O2. The summed E-state index contributed by atoms with van der Waals surface area (Å²) in [6, 6.07) is 19.3. The van der Waals surface area contributed by atoms with Crippen molar-refractivity contribution < 1.29 is 9.59 Å². The first-order chi connectivity index (χ1) is 15.1. The molecule has 0 aliphatic carbocycles. The lowest BCUT2D eigenvalue weighted by Gasteiger charge is -2.43. The van der Waals surface area contributed by atoms with Crippen LogP contribution in [-0.4, -0.2) is 27.1 Å². The smallest absolute Gasteiger partial charge is 0.277 e. The lowest BCUT2D eigenvalue weighted by Crippen LogP contribution is -2.64. The molecule has 1 N–H and O–H groups in total. The van der Waals surface area contributed by atoms with E-state index in [1.807, 2.05) is 74.5 Å². The number of aromatic nitrogens is 2. The van der Waals surface area contributed by atoms with Crippen molar-refractivity contribution in [1.82, 2.24) is 15.1 Å². The monoisotopic (exact) mass is 430 g/mol. The first-order valence-electron chi connectivity index (χ1n) is 10.9. The van der Waals surface area contributed by atoms with Crippen molar-refractivity contribution >= 4 is 17.5 Å². The highest BCUT2D eigenvalue weighted by Gasteiger charge is 2.49. The van der Waals surface area contributed by atoms with Crippen molar-refractivity contribution in [3.8, 4) is 0 Å². The molecule has 4 rings (SSSR count). The van der Waals surface area contributed by atoms with Crippen LogP contribution in [0.5, 0.6) is 0 Å². The van der Waals surface area contributed by atoms with Crippen LogP contribution in [0.1, 0.15) is 55.0 Å². The zero-order chi connectivity index (χ0) is 23.1. The summed E-state index contributed by atoms with van der Waals surface area (Å²) in [4.78, 5) is 29.0. The highest BCUT2D eigenvalue weighted by atomic mass is 16.2. The summed E-state index contributed by atoms with van der Waals surface area (Å²) in [5, 5.41) is 7.75. The molecule has 0 radical (unpaired) electrons. The summed E-state index contributed by atoms with van der Waals surface area (Å²) in [6.07, 6.45) is 0. The lowest BCUT2D eigenvalue weighted by molar-refractivity contribution is -0.126. The van der Waals surface area contributed by atoms with Gasteiger partial charge in [0, 0.05) is 17.6 Å². The second-order valence-corrected chi connectivity index (χ2v) is 9.69. The van der Waals surface area contributed by atoms with Gasteiger partial charge in [0.2, 0.25) is 5.91 Å². The highest BCUT2D eigenvalue weighted by molar-refractivity contribution is 6.12. The Labute approximate surface area is 189 Å². The van der Waals surface area contributed by atoms with Crippen LogP contribution in [0.25, 0.3) is 0 Å². The lowest BCUT2D eigenvalue weighted by atomic mass is 9.91. The Morgan fingerprint density at radius 3 is 2.41 bits per heavy atom. The fourth-order valence-electron chi connectivity index (χ4n) is 4.11. The van der Waals surface area contributed by atoms with Crippen LogP contribution in [0.15, 0.2) is 60.7 Å². The molecule has 1 aliphatic rings. The molecule has 0 bridgehead atoms. The normalized spacial score (nSPS) is 18.4. The van der Waals surface area contributed by atoms with Crippen LogP contribution < -0.4 is 10.2 Å². The number of carbonyl (C=O) groups is 2. The van der Waals surface area contributed by atoms with Crippen molar-refractivity contribution in [2.24, 2.45) is 0 Å². The van der Waals surface area contributed by atoms with Crippen molar-refractivity contribution in [3.05, 3.63) is 83.2 Å². The largest absolute Gasteiger partial charge is 0.350 e. The Morgan fingerprint density at radius 1 is 1.09 bits per heavy atom. The number of para-hydroxylation sites is 1. The van der Waals surface area contributed by atoms with Crippen LogP contribution in [0, 0.1) is 6.92 Å². The predicted octanol–water partition coefficient (Wildman–Crippen LogP) is 4.22. The van der Waals surface area contributed by atoms with Crippen molar-refractivity contribution in [2.45, 2.75) is 58.7 Å². The number of anilines is 1. The van der Waals surface area contributed by atoms with Gasteiger partial charge in [-0.3, -0.25) is 19.2 Å². The number of aryl methyl sites for hydroxylation is 1. The number of amides is 2. The zero-order valence-corrected chi connectivity index (χ0v) is 19.3. The van der Waals surface area contributed by atoms with Crippen LogP contribution in [0.3, 0.4) is 0 Å². The molecule has 6 heteroatoms. The van der Waals surface area contributed by atoms with E-state index >= 15 is 0 Å². The molecule has 1 atom stereocenters. The standard InChI is InChI=1S/C26H30N4O2/c1-18-11-9-10-14-20(18)30-23(31)21-15-22(25(2,3)4)28-29(21)17-26(30,5)24(32)27-16-19-12-7-6-8-13-19/h6-15H,16-17H2,1-5H3,(H,27,32)/t26-/m0/s1. The first kappa shape index (κ1) is 21.8. The van der Waals surface area contributed by atoms with E-state index in [1.165, 1.54) is 0 Å². The molecule has 2 heterocycles. The Bertz CT molecular complexity index is 1160. The second kappa shape index (κ2) is 7.93. The highest BCUT2D eigenvalue weighted by Crippen LogP contribution is 2.35. The minimum absolute atomic E-state index is 0.204. The Balaban J connectivity index is 1.77. The molecule has 166 valence electrons. The quantitative estimate of drug-likeness (QED) is 0.674. The van der Waals surface area contributed by atoms with E-state index in [1.54, 1.807) is 9.58 Å². The molecule has 0 spiro atoms. The molecule has 6 nitrogen and oxygen atoms in total. The maximum absolute atomic E-state index is 13.8. The van der Waals surface area contributed by atoms with E-state index in [4.69, 9.17) is 5.10 Å². The van der Waals surface area contributed by atoms with E-state index in [2.05, 4.69) is 26.1 Å². The number of fused-ring (bicyclic) bond motifs is 1. The number of nitrogens with zero attached hydrogens (tertiary/aromatic N) is 3. The third-order valence-electron chi connectivity index (χ3n) is 6.06. The molecule has 3 aromatic rings. The van der Waals surface area contributed by atoms with E-state index in [0.29, 0.717) is 12.2 Å². The fourth-order valence-corrected chi connectivity index (χ4v) is 4.11. The summed E-state index contributed by atoms with van der Waals surface area (Å²) < 4.78 is 1.69. The molecule has 1 aromatic heterocycles. The van der Waals surface area contributed by atoms with Gasteiger partial charge in [0.15, 0.2) is 0 Å². The first-order valence-corrected chi connectivity index (χ1v) is 10.9. The summed E-state index contributed by atoms with van der Waals surface area (Å²) in [5.41, 5.74) is 2.68. The summed E-state index contributed by atoms with van der Waals surface area (Å²) in [7, 11) is 0. The van der Waals surface area contributed by atoms with Crippen LogP contribution in [0.4, 0.5) is 5.69 Å². The number of hydrogen-bond acceptors (Lipinski definition) is 3. The molecule has 32 heavy (non-hydrogen) atoms. The SMILES string of the molecule is Cc1ccccc1N1C(=O)c2cc(C(C)(C)C)nn2C[C@@]1(C)C(=O)NCc1ccccc1. The summed E-state index contributed by atoms with van der Waals surface area (Å²) >= 11 is 0. The average molecular weight is 431 g/mol. The Kier molecular flexibility index (Phi) is 5.41. The van der Waals surface area contributed by atoms with Crippen LogP contribution >= 0.6 is 0 Å². The fraction of sp³-hybridized carbons (Fsp3) is 0.346. The minimum Gasteiger partial charge on any atom is -0.350 e. The van der Waals surface area contributed by atoms with E-state index in [0.717, 1.165) is 22.5 Å². The number of benzene rings is 2. The predicted molar refractivity (Wildman–Crippen MR) is 126 cm³/mol. The van der Waals surface area contributed by atoms with Gasteiger partial charge >= 0.3 is 0 Å². The van der Waals surface area contributed by atoms with Crippen molar-refractivity contribution in [1.29, 1.82) is 0 Å². The molecule has 2 amide bonds. The van der Waals surface area contributed by atoms with Gasteiger partial charge in [0.05, 0.1) is 12.2 Å². The molecule has 0 unspecified atom stereocenters. The summed E-state index contributed by atoms with van der Waals surface area (Å²) in [6.45, 7) is 10.6. The third kappa shape index (κ3) is 3.81. The van der Waals surface area contributed by atoms with Gasteiger partial charge in [-0.25, -0.2) is 0 Å². The van der Waals surface area contributed by atoms with Gasteiger partial charge in [-0.1, -0.05) is 69.3 Å². The maximum atomic E-state index is 13.8. The number of hydrogen-bond donors (Lipinski definition) is 1. The Morgan fingerprint density at radius 2 is 1.75 bits per heavy atom. The van der Waals surface area contributed by atoms with Gasteiger partial charge in [0.1, 0.15) is 11.2 Å². The van der Waals surface area contributed by atoms with E-state index in [-0.39, 0.29) is 23.8 Å². The molecule has 2 aromatic carbocycles. The molecule has 0 saturated carbocycles. The molecule has 1 aliphatic heterocycles. The van der Waals surface area contributed by atoms with E-state index < -0.39 is 5.54 Å². The van der Waals surface area contributed by atoms with Crippen LogP contribution in [0.2, 0.25) is 0 Å². The zero-order valence-electron chi connectivity index (χ0n) is 19.3. The van der Waals surface area contributed by atoms with Gasteiger partial charge in [-0.15, -0.1) is 0 Å². The number of nitrogens with one attached hydrogen (secondary N) is 1. The topological polar surface area (TPSA) is 67.2 Å². The van der Waals surface area contributed by atoms with Gasteiger partial charge in [0.25, 0.3) is 5.91 Å². The molecule has 0 fully saturated rings. The maximum Gasteiger partial charge on any atom is 0.277 e. The molecule has 0 saturated heterocycles. The summed E-state index contributed by atoms with van der Waals surface area (Å²) in [5.74, 6) is -0.428. The van der Waals surface area contributed by atoms with Gasteiger partial charge in [-0.05, 0) is 37.1 Å². The number of carbonyl (C=O) groups excluding carboxylic acids is 2. The Hall–Kier alpha value is -3.41.